The van der Waals surface area contributed by atoms with Crippen molar-refractivity contribution in [3.05, 3.63) is 228 Å². The van der Waals surface area contributed by atoms with Crippen LogP contribution in [0.1, 0.15) is 35.1 Å². The first kappa shape index (κ1) is 32.8. The number of hydrogen-bond acceptors (Lipinski definition) is 3. The van der Waals surface area contributed by atoms with Crippen molar-refractivity contribution >= 4 is 11.4 Å². The number of nitrogens with zero attached hydrogens (tertiary/aromatic N) is 1. The molecule has 3 aliphatic carbocycles. The van der Waals surface area contributed by atoms with Crippen LogP contribution in [-0.4, -0.2) is 0 Å². The molecule has 274 valence electrons. The second-order valence-electron chi connectivity index (χ2n) is 15.5. The zero-order valence-electron chi connectivity index (χ0n) is 31.7. The number of rotatable bonds is 5. The second kappa shape index (κ2) is 12.8. The van der Waals surface area contributed by atoms with Crippen molar-refractivity contribution in [2.24, 2.45) is 0 Å². The van der Waals surface area contributed by atoms with Crippen LogP contribution in [0.2, 0.25) is 0 Å². The highest BCUT2D eigenvalue weighted by Gasteiger charge is 2.53. The third-order valence-electron chi connectivity index (χ3n) is 12.4. The zero-order chi connectivity index (χ0) is 38.2. The molecule has 0 fully saturated rings. The van der Waals surface area contributed by atoms with E-state index in [9.17, 15) is 0 Å². The van der Waals surface area contributed by atoms with Crippen molar-refractivity contribution in [2.45, 2.75) is 18.3 Å². The van der Waals surface area contributed by atoms with Crippen molar-refractivity contribution in [2.75, 3.05) is 4.90 Å². The molecule has 0 unspecified atom stereocenters. The molecule has 8 aromatic rings. The molecule has 0 atom stereocenters. The molecule has 12 rings (SSSR count). The Bertz CT molecular complexity index is 2970. The minimum absolute atomic E-state index is 0.454. The fourth-order valence-electron chi connectivity index (χ4n) is 9.91. The van der Waals surface area contributed by atoms with Gasteiger partial charge in [0.1, 0.15) is 0 Å². The van der Waals surface area contributed by atoms with Crippen molar-refractivity contribution in [3.8, 4) is 67.5 Å². The van der Waals surface area contributed by atoms with E-state index in [4.69, 9.17) is 9.47 Å². The highest BCUT2D eigenvalue weighted by atomic mass is 16.6. The Labute approximate surface area is 338 Å². The van der Waals surface area contributed by atoms with Crippen molar-refractivity contribution in [1.82, 2.24) is 0 Å². The topological polar surface area (TPSA) is 21.7 Å². The van der Waals surface area contributed by atoms with E-state index in [0.29, 0.717) is 11.5 Å². The van der Waals surface area contributed by atoms with Gasteiger partial charge in [-0.05, 0) is 110 Å². The minimum Gasteiger partial charge on any atom is -0.449 e. The lowest BCUT2D eigenvalue weighted by Crippen LogP contribution is -2.25. The average molecular weight is 744 g/mol. The number of allylic oxidation sites excluding steroid dienone is 4. The van der Waals surface area contributed by atoms with E-state index in [1.807, 2.05) is 0 Å². The molecule has 1 heterocycles. The van der Waals surface area contributed by atoms with Crippen molar-refractivity contribution in [3.63, 3.8) is 0 Å². The molecular weight excluding hydrogens is 707 g/mol. The van der Waals surface area contributed by atoms with Gasteiger partial charge in [0.15, 0.2) is 23.0 Å². The van der Waals surface area contributed by atoms with Gasteiger partial charge in [0.2, 0.25) is 0 Å². The average Bonchev–Trinajstić information content (AvgIpc) is 3.77. The van der Waals surface area contributed by atoms with Gasteiger partial charge in [0.25, 0.3) is 0 Å². The maximum atomic E-state index is 7.13. The minimum atomic E-state index is -0.454. The van der Waals surface area contributed by atoms with Crippen LogP contribution in [0.4, 0.5) is 11.4 Å². The standard InChI is InChI=1S/C55H37NO2/c1-3-14-36(15-4-1)37-26-28-38(29-27-37)39-16-13-19-41(34-39)56(40-17-5-2-6-18-40)42-30-32-50-52(35-42)58-54-51(57-50)33-31-49-53(54)45-22-9-12-25-48(45)55(49)46-23-10-7-20-43(46)44-21-8-11-24-47(44)55/h1-5,7-17,19-35H,6,18H2. The number of hydrogen-bond donors (Lipinski definition) is 0. The summed E-state index contributed by atoms with van der Waals surface area (Å²) in [6.07, 6.45) is 8.55. The lowest BCUT2D eigenvalue weighted by Gasteiger charge is -2.32. The van der Waals surface area contributed by atoms with Crippen LogP contribution in [0.5, 0.6) is 23.0 Å². The summed E-state index contributed by atoms with van der Waals surface area (Å²) in [5.74, 6) is 2.90. The van der Waals surface area contributed by atoms with Crippen LogP contribution < -0.4 is 14.4 Å². The van der Waals surface area contributed by atoms with E-state index >= 15 is 0 Å². The fourth-order valence-corrected chi connectivity index (χ4v) is 9.91. The van der Waals surface area contributed by atoms with E-state index in [-0.39, 0.29) is 0 Å². The normalized spacial score (nSPS) is 14.5. The molecule has 0 radical (unpaired) electrons. The number of fused-ring (bicyclic) bond motifs is 13. The zero-order valence-corrected chi connectivity index (χ0v) is 31.7. The van der Waals surface area contributed by atoms with Crippen LogP contribution in [0.3, 0.4) is 0 Å². The van der Waals surface area contributed by atoms with Crippen molar-refractivity contribution < 1.29 is 9.47 Å². The lowest BCUT2D eigenvalue weighted by molar-refractivity contribution is 0.360. The Hall–Kier alpha value is -7.36. The summed E-state index contributed by atoms with van der Waals surface area (Å²) < 4.78 is 13.9. The third-order valence-corrected chi connectivity index (χ3v) is 12.4. The lowest BCUT2D eigenvalue weighted by atomic mass is 9.70. The molecule has 0 bridgehead atoms. The summed E-state index contributed by atoms with van der Waals surface area (Å²) in [7, 11) is 0. The highest BCUT2D eigenvalue weighted by Crippen LogP contribution is 2.66. The Morgan fingerprint density at radius 3 is 1.76 bits per heavy atom. The molecule has 0 N–H and O–H groups in total. The van der Waals surface area contributed by atoms with Crippen LogP contribution in [-0.2, 0) is 5.41 Å². The van der Waals surface area contributed by atoms with E-state index in [1.165, 1.54) is 66.9 Å². The predicted octanol–water partition coefficient (Wildman–Crippen LogP) is 14.6. The van der Waals surface area contributed by atoms with E-state index in [1.54, 1.807) is 0 Å². The van der Waals surface area contributed by atoms with E-state index in [0.717, 1.165) is 41.3 Å². The predicted molar refractivity (Wildman–Crippen MR) is 235 cm³/mol. The highest BCUT2D eigenvalue weighted by molar-refractivity contribution is 5.98. The number of benzene rings is 8. The van der Waals surface area contributed by atoms with Gasteiger partial charge in [-0.25, -0.2) is 0 Å². The fraction of sp³-hybridized carbons (Fsp3) is 0.0545. The SMILES string of the molecule is C1=CCCC(N(c2cccc(-c3ccc(-c4ccccc4)cc3)c2)c2ccc3c(c2)Oc2c(ccc4c2-c2ccccc2C42c4ccccc4-c4ccccc42)O3)=C1. The first-order valence-electron chi connectivity index (χ1n) is 20.1. The van der Waals surface area contributed by atoms with Gasteiger partial charge in [0, 0.05) is 28.7 Å². The number of ether oxygens (including phenoxy) is 2. The Morgan fingerprint density at radius 2 is 1.03 bits per heavy atom. The number of anilines is 2. The van der Waals surface area contributed by atoms with E-state index in [2.05, 4.69) is 205 Å². The summed E-state index contributed by atoms with van der Waals surface area (Å²) >= 11 is 0. The molecule has 8 aromatic carbocycles. The van der Waals surface area contributed by atoms with Crippen LogP contribution >= 0.6 is 0 Å². The molecule has 1 spiro atoms. The molecular formula is C55H37NO2. The second-order valence-corrected chi connectivity index (χ2v) is 15.5. The molecule has 0 amide bonds. The van der Waals surface area contributed by atoms with Gasteiger partial charge in [-0.3, -0.25) is 0 Å². The van der Waals surface area contributed by atoms with Gasteiger partial charge in [-0.2, -0.15) is 0 Å². The summed E-state index contributed by atoms with van der Waals surface area (Å²) in [6, 6.07) is 65.6. The van der Waals surface area contributed by atoms with Gasteiger partial charge in [0.05, 0.1) is 5.41 Å². The Balaban J connectivity index is 0.963. The third kappa shape index (κ3) is 4.80. The van der Waals surface area contributed by atoms with Crippen LogP contribution in [0.25, 0.3) is 44.5 Å². The van der Waals surface area contributed by atoms with E-state index < -0.39 is 5.41 Å². The first-order chi connectivity index (χ1) is 28.8. The molecule has 0 aromatic heterocycles. The van der Waals surface area contributed by atoms with Gasteiger partial charge < -0.3 is 14.4 Å². The van der Waals surface area contributed by atoms with Crippen LogP contribution in [0, 0.1) is 0 Å². The van der Waals surface area contributed by atoms with Gasteiger partial charge in [-0.15, -0.1) is 0 Å². The largest absolute Gasteiger partial charge is 0.449 e. The summed E-state index contributed by atoms with van der Waals surface area (Å²) in [6.45, 7) is 0. The maximum absolute atomic E-state index is 7.13. The van der Waals surface area contributed by atoms with Gasteiger partial charge in [-0.1, -0.05) is 158 Å². The smallest absolute Gasteiger partial charge is 0.178 e. The molecule has 0 saturated carbocycles. The van der Waals surface area contributed by atoms with Crippen molar-refractivity contribution in [1.29, 1.82) is 0 Å². The molecule has 3 nitrogen and oxygen atoms in total. The molecule has 1 aliphatic heterocycles. The maximum Gasteiger partial charge on any atom is 0.178 e. The quantitative estimate of drug-likeness (QED) is 0.175. The molecule has 4 aliphatic rings. The Kier molecular flexibility index (Phi) is 7.27. The first-order valence-corrected chi connectivity index (χ1v) is 20.1. The summed E-state index contributed by atoms with van der Waals surface area (Å²) in [5.41, 5.74) is 17.6. The monoisotopic (exact) mass is 743 g/mol. The van der Waals surface area contributed by atoms with Gasteiger partial charge >= 0.3 is 0 Å². The molecule has 3 heteroatoms. The molecule has 0 saturated heterocycles. The van der Waals surface area contributed by atoms with Crippen LogP contribution in [0.15, 0.2) is 206 Å². The molecule has 58 heavy (non-hydrogen) atoms. The summed E-state index contributed by atoms with van der Waals surface area (Å²) in [5, 5.41) is 0. The summed E-state index contributed by atoms with van der Waals surface area (Å²) in [4.78, 5) is 2.37. The Morgan fingerprint density at radius 1 is 0.431 bits per heavy atom.